The smallest absolute Gasteiger partial charge is 0.360 e. The van der Waals surface area contributed by atoms with Crippen LogP contribution < -0.4 is 10.9 Å². The molecule has 0 unspecified atom stereocenters. The summed E-state index contributed by atoms with van der Waals surface area (Å²) in [5, 5.41) is 7.64. The Morgan fingerprint density at radius 1 is 1.07 bits per heavy atom. The second-order valence-electron chi connectivity index (χ2n) is 6.27. The summed E-state index contributed by atoms with van der Waals surface area (Å²) in [6.45, 7) is 3.91. The number of benzene rings is 2. The molecule has 1 aromatic heterocycles. The topological polar surface area (TPSA) is 90.3 Å². The molecule has 3 rings (SSSR count). The molecule has 144 valence electrons. The molecule has 2 aromatic carbocycles. The lowest BCUT2D eigenvalue weighted by atomic mass is 10.1. The van der Waals surface area contributed by atoms with E-state index in [9.17, 15) is 14.4 Å². The number of fused-ring (bicyclic) bond motifs is 1. The summed E-state index contributed by atoms with van der Waals surface area (Å²) >= 11 is 0. The number of aryl methyl sites for hydroxylation is 1. The highest BCUT2D eigenvalue weighted by atomic mass is 16.5. The van der Waals surface area contributed by atoms with Gasteiger partial charge in [0, 0.05) is 18.5 Å². The van der Waals surface area contributed by atoms with Crippen molar-refractivity contribution in [2.75, 3.05) is 0 Å². The Hall–Kier alpha value is -3.48. The van der Waals surface area contributed by atoms with Crippen molar-refractivity contribution < 1.29 is 14.3 Å². The van der Waals surface area contributed by atoms with Gasteiger partial charge in [0.15, 0.2) is 11.8 Å². The highest BCUT2D eigenvalue weighted by molar-refractivity contribution is 6.02. The number of aromatic nitrogens is 2. The predicted molar refractivity (Wildman–Crippen MR) is 105 cm³/mol. The van der Waals surface area contributed by atoms with Gasteiger partial charge in [-0.05, 0) is 25.5 Å². The number of nitrogens with one attached hydrogen (secondary N) is 1. The zero-order valence-corrected chi connectivity index (χ0v) is 15.7. The van der Waals surface area contributed by atoms with Gasteiger partial charge in [-0.1, -0.05) is 48.5 Å². The van der Waals surface area contributed by atoms with E-state index < -0.39 is 18.0 Å². The Morgan fingerprint density at radius 2 is 1.71 bits per heavy atom. The summed E-state index contributed by atoms with van der Waals surface area (Å²) in [5.74, 6) is -1.16. The van der Waals surface area contributed by atoms with Gasteiger partial charge in [0.2, 0.25) is 0 Å². The van der Waals surface area contributed by atoms with Crippen LogP contribution in [0.25, 0.3) is 10.8 Å². The Balaban J connectivity index is 1.76. The van der Waals surface area contributed by atoms with Crippen LogP contribution in [0.15, 0.2) is 59.4 Å². The standard InChI is InChI=1S/C21H21N3O4/c1-3-24-20(26)17-12-8-7-11-16(17)18(23-24)21(27)28-14(2)19(25)22-13-15-9-5-4-6-10-15/h4-12,14H,3,13H2,1-2H3,(H,22,25)/t14-/m1/s1. The second-order valence-corrected chi connectivity index (χ2v) is 6.27. The molecule has 0 spiro atoms. The van der Waals surface area contributed by atoms with Gasteiger partial charge in [0.1, 0.15) is 0 Å². The van der Waals surface area contributed by atoms with Crippen molar-refractivity contribution in [2.24, 2.45) is 0 Å². The quantitative estimate of drug-likeness (QED) is 0.664. The van der Waals surface area contributed by atoms with Gasteiger partial charge in [0.25, 0.3) is 11.5 Å². The molecule has 1 N–H and O–H groups in total. The SMILES string of the molecule is CCn1nc(C(=O)O[C@H](C)C(=O)NCc2ccccc2)c2ccccc2c1=O. The van der Waals surface area contributed by atoms with E-state index in [1.807, 2.05) is 30.3 Å². The third-order valence-electron chi connectivity index (χ3n) is 4.32. The molecule has 7 heteroatoms. The van der Waals surface area contributed by atoms with Crippen LogP contribution in [0.2, 0.25) is 0 Å². The minimum absolute atomic E-state index is 0.0137. The lowest BCUT2D eigenvalue weighted by Gasteiger charge is -2.14. The monoisotopic (exact) mass is 379 g/mol. The number of ether oxygens (including phenoxy) is 1. The summed E-state index contributed by atoms with van der Waals surface area (Å²) in [5.41, 5.74) is 0.681. The van der Waals surface area contributed by atoms with Gasteiger partial charge >= 0.3 is 5.97 Å². The molecule has 1 atom stereocenters. The normalized spacial score (nSPS) is 11.8. The fourth-order valence-corrected chi connectivity index (χ4v) is 2.80. The molecule has 0 aliphatic heterocycles. The van der Waals surface area contributed by atoms with E-state index in [2.05, 4.69) is 10.4 Å². The van der Waals surface area contributed by atoms with E-state index >= 15 is 0 Å². The lowest BCUT2D eigenvalue weighted by Crippen LogP contribution is -2.36. The summed E-state index contributed by atoms with van der Waals surface area (Å²) in [7, 11) is 0. The van der Waals surface area contributed by atoms with E-state index in [4.69, 9.17) is 4.74 Å². The van der Waals surface area contributed by atoms with Gasteiger partial charge in [-0.2, -0.15) is 5.10 Å². The molecule has 0 saturated carbocycles. The van der Waals surface area contributed by atoms with E-state index in [1.54, 1.807) is 31.2 Å². The maximum absolute atomic E-state index is 12.6. The highest BCUT2D eigenvalue weighted by Gasteiger charge is 2.23. The van der Waals surface area contributed by atoms with Crippen molar-refractivity contribution in [2.45, 2.75) is 33.0 Å². The Labute approximate surface area is 161 Å². The number of hydrogen-bond acceptors (Lipinski definition) is 5. The number of carbonyl (C=O) groups excluding carboxylic acids is 2. The molecule has 0 aliphatic rings. The molecule has 1 amide bonds. The zero-order chi connectivity index (χ0) is 20.1. The molecule has 0 bridgehead atoms. The molecule has 3 aromatic rings. The van der Waals surface area contributed by atoms with Crippen LogP contribution in [0.4, 0.5) is 0 Å². The van der Waals surface area contributed by atoms with Gasteiger partial charge < -0.3 is 10.1 Å². The molecule has 0 fully saturated rings. The first kappa shape index (κ1) is 19.3. The van der Waals surface area contributed by atoms with Crippen LogP contribution in [-0.2, 0) is 22.6 Å². The first-order valence-electron chi connectivity index (χ1n) is 9.03. The molecule has 0 aliphatic carbocycles. The summed E-state index contributed by atoms with van der Waals surface area (Å²) in [4.78, 5) is 37.3. The molecular formula is C21H21N3O4. The summed E-state index contributed by atoms with van der Waals surface area (Å²) < 4.78 is 6.51. The lowest BCUT2D eigenvalue weighted by molar-refractivity contribution is -0.129. The Morgan fingerprint density at radius 3 is 2.39 bits per heavy atom. The van der Waals surface area contributed by atoms with Crippen molar-refractivity contribution in [3.8, 4) is 0 Å². The number of carbonyl (C=O) groups is 2. The van der Waals surface area contributed by atoms with E-state index in [0.717, 1.165) is 5.56 Å². The number of amides is 1. The van der Waals surface area contributed by atoms with Crippen LogP contribution >= 0.6 is 0 Å². The van der Waals surface area contributed by atoms with Gasteiger partial charge in [-0.25, -0.2) is 9.48 Å². The average molecular weight is 379 g/mol. The van der Waals surface area contributed by atoms with Crippen molar-refractivity contribution in [3.63, 3.8) is 0 Å². The van der Waals surface area contributed by atoms with Crippen LogP contribution in [0.1, 0.15) is 29.9 Å². The first-order chi connectivity index (χ1) is 13.5. The third-order valence-corrected chi connectivity index (χ3v) is 4.32. The summed E-state index contributed by atoms with van der Waals surface area (Å²) in [6.07, 6.45) is -1.00. The van der Waals surface area contributed by atoms with Crippen LogP contribution in [0.5, 0.6) is 0 Å². The van der Waals surface area contributed by atoms with Crippen molar-refractivity contribution in [1.82, 2.24) is 15.1 Å². The zero-order valence-electron chi connectivity index (χ0n) is 15.7. The van der Waals surface area contributed by atoms with Gasteiger partial charge in [-0.15, -0.1) is 0 Å². The maximum atomic E-state index is 12.6. The fraction of sp³-hybridized carbons (Fsp3) is 0.238. The Kier molecular flexibility index (Phi) is 5.84. The van der Waals surface area contributed by atoms with Crippen molar-refractivity contribution >= 4 is 22.6 Å². The predicted octanol–water partition coefficient (Wildman–Crippen LogP) is 2.28. The number of esters is 1. The van der Waals surface area contributed by atoms with E-state index in [0.29, 0.717) is 23.9 Å². The molecule has 1 heterocycles. The van der Waals surface area contributed by atoms with E-state index in [-0.39, 0.29) is 11.3 Å². The highest BCUT2D eigenvalue weighted by Crippen LogP contribution is 2.15. The van der Waals surface area contributed by atoms with Crippen LogP contribution in [0, 0.1) is 0 Å². The number of nitrogens with zero attached hydrogens (tertiary/aromatic N) is 2. The Bertz CT molecular complexity index is 1060. The van der Waals surface area contributed by atoms with Gasteiger partial charge in [-0.3, -0.25) is 9.59 Å². The van der Waals surface area contributed by atoms with Crippen molar-refractivity contribution in [3.05, 3.63) is 76.2 Å². The molecular weight excluding hydrogens is 358 g/mol. The minimum Gasteiger partial charge on any atom is -0.448 e. The van der Waals surface area contributed by atoms with Crippen LogP contribution in [0.3, 0.4) is 0 Å². The third kappa shape index (κ3) is 4.09. The number of hydrogen-bond donors (Lipinski definition) is 1. The molecule has 7 nitrogen and oxygen atoms in total. The van der Waals surface area contributed by atoms with Gasteiger partial charge in [0.05, 0.1) is 5.39 Å². The fourth-order valence-electron chi connectivity index (χ4n) is 2.80. The number of rotatable bonds is 6. The minimum atomic E-state index is -1.00. The van der Waals surface area contributed by atoms with Crippen molar-refractivity contribution in [1.29, 1.82) is 0 Å². The summed E-state index contributed by atoms with van der Waals surface area (Å²) in [6, 6.07) is 16.1. The first-order valence-corrected chi connectivity index (χ1v) is 9.03. The maximum Gasteiger partial charge on any atom is 0.360 e. The largest absolute Gasteiger partial charge is 0.448 e. The molecule has 0 saturated heterocycles. The van der Waals surface area contributed by atoms with Crippen LogP contribution in [-0.4, -0.2) is 27.8 Å². The average Bonchev–Trinajstić information content (AvgIpc) is 2.73. The molecule has 0 radical (unpaired) electrons. The molecule has 28 heavy (non-hydrogen) atoms. The second kappa shape index (κ2) is 8.47. The van der Waals surface area contributed by atoms with E-state index in [1.165, 1.54) is 11.6 Å².